The summed E-state index contributed by atoms with van der Waals surface area (Å²) < 4.78 is 0. The summed E-state index contributed by atoms with van der Waals surface area (Å²) in [4.78, 5) is 13.9. The Morgan fingerprint density at radius 2 is 2.00 bits per heavy atom. The molecule has 0 radical (unpaired) electrons. The maximum Gasteiger partial charge on any atom is 0.222 e. The summed E-state index contributed by atoms with van der Waals surface area (Å²) in [6, 6.07) is 5.53. The highest BCUT2D eigenvalue weighted by molar-refractivity contribution is 6.36. The Bertz CT molecular complexity index is 473. The highest BCUT2D eigenvalue weighted by Crippen LogP contribution is 2.29. The molecule has 20 heavy (non-hydrogen) atoms. The summed E-state index contributed by atoms with van der Waals surface area (Å²) in [7, 11) is 1.78. The molecule has 110 valence electrons. The Labute approximate surface area is 130 Å². The van der Waals surface area contributed by atoms with Crippen molar-refractivity contribution in [3.8, 4) is 0 Å². The van der Waals surface area contributed by atoms with Crippen molar-refractivity contribution in [2.24, 2.45) is 11.7 Å². The zero-order chi connectivity index (χ0) is 14.7. The molecule has 0 unspecified atom stereocenters. The largest absolute Gasteiger partial charge is 0.341 e. The molecule has 2 atom stereocenters. The molecule has 2 rings (SSSR count). The molecule has 1 saturated carbocycles. The van der Waals surface area contributed by atoms with Crippen molar-refractivity contribution in [3.63, 3.8) is 0 Å². The van der Waals surface area contributed by atoms with Crippen LogP contribution in [-0.2, 0) is 11.3 Å². The summed E-state index contributed by atoms with van der Waals surface area (Å²) in [5, 5.41) is 1.18. The molecule has 0 aliphatic heterocycles. The number of carbonyl (C=O) groups is 1. The second kappa shape index (κ2) is 6.79. The average Bonchev–Trinajstić information content (AvgIpc) is 2.79. The Morgan fingerprint density at radius 3 is 2.55 bits per heavy atom. The third-order valence-electron chi connectivity index (χ3n) is 4.04. The van der Waals surface area contributed by atoms with E-state index in [1.807, 2.05) is 0 Å². The first-order valence-corrected chi connectivity index (χ1v) is 7.67. The van der Waals surface area contributed by atoms with E-state index in [1.54, 1.807) is 30.1 Å². The van der Waals surface area contributed by atoms with E-state index in [0.717, 1.165) is 24.8 Å². The molecule has 1 aliphatic carbocycles. The Morgan fingerprint density at radius 1 is 1.35 bits per heavy atom. The molecule has 5 heteroatoms. The molecule has 1 aliphatic rings. The van der Waals surface area contributed by atoms with Gasteiger partial charge >= 0.3 is 0 Å². The van der Waals surface area contributed by atoms with Gasteiger partial charge in [0.15, 0.2) is 0 Å². The zero-order valence-corrected chi connectivity index (χ0v) is 13.1. The normalized spacial score (nSPS) is 22.0. The van der Waals surface area contributed by atoms with Gasteiger partial charge in [-0.25, -0.2) is 0 Å². The fourth-order valence-electron chi connectivity index (χ4n) is 2.71. The van der Waals surface area contributed by atoms with E-state index in [-0.39, 0.29) is 11.9 Å². The van der Waals surface area contributed by atoms with Crippen molar-refractivity contribution in [2.45, 2.75) is 38.3 Å². The van der Waals surface area contributed by atoms with Gasteiger partial charge in [-0.15, -0.1) is 0 Å². The van der Waals surface area contributed by atoms with Crippen molar-refractivity contribution in [2.75, 3.05) is 7.05 Å². The number of benzene rings is 1. The van der Waals surface area contributed by atoms with Crippen LogP contribution in [0.15, 0.2) is 18.2 Å². The quantitative estimate of drug-likeness (QED) is 0.925. The molecular weight excluding hydrogens is 295 g/mol. The molecule has 1 aromatic carbocycles. The number of nitrogens with zero attached hydrogens (tertiary/aromatic N) is 1. The van der Waals surface area contributed by atoms with Crippen LogP contribution in [0.25, 0.3) is 0 Å². The number of carbonyl (C=O) groups excluding carboxylic acids is 1. The molecule has 0 spiro atoms. The lowest BCUT2D eigenvalue weighted by Crippen LogP contribution is -2.32. The van der Waals surface area contributed by atoms with Crippen LogP contribution in [0.4, 0.5) is 0 Å². The summed E-state index contributed by atoms with van der Waals surface area (Å²) in [5.74, 6) is 0.412. The maximum absolute atomic E-state index is 12.3. The second-order valence-corrected chi connectivity index (χ2v) is 6.32. The van der Waals surface area contributed by atoms with Gasteiger partial charge in [0.25, 0.3) is 0 Å². The number of nitrogens with two attached hydrogens (primary N) is 1. The average molecular weight is 315 g/mol. The van der Waals surface area contributed by atoms with Crippen molar-refractivity contribution in [1.29, 1.82) is 0 Å². The van der Waals surface area contributed by atoms with Crippen LogP contribution in [0.5, 0.6) is 0 Å². The minimum atomic E-state index is 0.100. The van der Waals surface area contributed by atoms with Crippen LogP contribution >= 0.6 is 23.2 Å². The third kappa shape index (κ3) is 3.66. The first-order valence-electron chi connectivity index (χ1n) is 6.91. The van der Waals surface area contributed by atoms with Gasteiger partial charge in [-0.3, -0.25) is 4.79 Å². The van der Waals surface area contributed by atoms with E-state index < -0.39 is 0 Å². The van der Waals surface area contributed by atoms with Gasteiger partial charge in [-0.1, -0.05) is 35.7 Å². The minimum Gasteiger partial charge on any atom is -0.341 e. The topological polar surface area (TPSA) is 46.3 Å². The number of rotatable bonds is 4. The third-order valence-corrected chi connectivity index (χ3v) is 4.75. The number of halogens is 2. The first kappa shape index (κ1) is 15.6. The summed E-state index contributed by atoms with van der Waals surface area (Å²) in [6.07, 6.45) is 3.71. The van der Waals surface area contributed by atoms with Crippen molar-refractivity contribution in [3.05, 3.63) is 33.8 Å². The van der Waals surface area contributed by atoms with Gasteiger partial charge in [0.1, 0.15) is 0 Å². The van der Waals surface area contributed by atoms with Crippen LogP contribution in [0, 0.1) is 5.92 Å². The number of hydrogen-bond donors (Lipinski definition) is 1. The predicted octanol–water partition coefficient (Wildman–Crippen LogP) is 3.47. The van der Waals surface area contributed by atoms with E-state index in [4.69, 9.17) is 28.9 Å². The van der Waals surface area contributed by atoms with E-state index in [9.17, 15) is 4.79 Å². The van der Waals surface area contributed by atoms with Gasteiger partial charge in [0.2, 0.25) is 5.91 Å². The molecule has 0 bridgehead atoms. The summed E-state index contributed by atoms with van der Waals surface area (Å²) in [5.41, 5.74) is 6.81. The number of hydrogen-bond acceptors (Lipinski definition) is 2. The van der Waals surface area contributed by atoms with E-state index in [1.165, 1.54) is 0 Å². The summed E-state index contributed by atoms with van der Waals surface area (Å²) in [6.45, 7) is 0.430. The molecule has 0 heterocycles. The molecule has 0 aromatic heterocycles. The highest BCUT2D eigenvalue weighted by atomic mass is 35.5. The molecule has 1 aromatic rings. The molecular formula is C15H20Cl2N2O. The van der Waals surface area contributed by atoms with E-state index >= 15 is 0 Å². The lowest BCUT2D eigenvalue weighted by molar-refractivity contribution is -0.131. The fraction of sp³-hybridized carbons (Fsp3) is 0.533. The first-order chi connectivity index (χ1) is 9.49. The molecule has 3 nitrogen and oxygen atoms in total. The Kier molecular flexibility index (Phi) is 5.30. The SMILES string of the molecule is CN(Cc1c(Cl)cccc1Cl)C(=O)C[C@@H]1CCC[C@H]1N. The van der Waals surface area contributed by atoms with Gasteiger partial charge in [0, 0.05) is 41.7 Å². The van der Waals surface area contributed by atoms with E-state index in [2.05, 4.69) is 0 Å². The van der Waals surface area contributed by atoms with Crippen molar-refractivity contribution >= 4 is 29.1 Å². The van der Waals surface area contributed by atoms with Crippen molar-refractivity contribution < 1.29 is 4.79 Å². The van der Waals surface area contributed by atoms with Gasteiger partial charge in [-0.2, -0.15) is 0 Å². The van der Waals surface area contributed by atoms with Crippen LogP contribution in [0.2, 0.25) is 10.0 Å². The second-order valence-electron chi connectivity index (χ2n) is 5.51. The molecule has 0 saturated heterocycles. The smallest absolute Gasteiger partial charge is 0.222 e. The molecule has 1 fully saturated rings. The monoisotopic (exact) mass is 314 g/mol. The Balaban J connectivity index is 1.97. The molecule has 2 N–H and O–H groups in total. The fourth-order valence-corrected chi connectivity index (χ4v) is 3.22. The number of amides is 1. The van der Waals surface area contributed by atoms with Crippen LogP contribution in [0.3, 0.4) is 0 Å². The minimum absolute atomic E-state index is 0.100. The molecule has 1 amide bonds. The van der Waals surface area contributed by atoms with Crippen molar-refractivity contribution in [1.82, 2.24) is 4.90 Å². The summed E-state index contributed by atoms with van der Waals surface area (Å²) >= 11 is 12.3. The lowest BCUT2D eigenvalue weighted by atomic mass is 9.99. The Hall–Kier alpha value is -0.770. The van der Waals surface area contributed by atoms with Gasteiger partial charge < -0.3 is 10.6 Å². The predicted molar refractivity (Wildman–Crippen MR) is 82.9 cm³/mol. The zero-order valence-electron chi connectivity index (χ0n) is 11.6. The standard InChI is InChI=1S/C15H20Cl2N2O/c1-19(9-11-12(16)5-3-6-13(11)17)15(20)8-10-4-2-7-14(10)18/h3,5-6,10,14H,2,4,7-9,18H2,1H3/t10-,14+/m0/s1. The van der Waals surface area contributed by atoms with Gasteiger partial charge in [-0.05, 0) is 30.9 Å². The lowest BCUT2D eigenvalue weighted by Gasteiger charge is -2.22. The van der Waals surface area contributed by atoms with Crippen LogP contribution in [-0.4, -0.2) is 23.9 Å². The van der Waals surface area contributed by atoms with Crippen LogP contribution < -0.4 is 5.73 Å². The van der Waals surface area contributed by atoms with Gasteiger partial charge in [0.05, 0.1) is 0 Å². The highest BCUT2D eigenvalue weighted by Gasteiger charge is 2.27. The van der Waals surface area contributed by atoms with E-state index in [0.29, 0.717) is 28.9 Å². The maximum atomic E-state index is 12.3. The van der Waals surface area contributed by atoms with Crippen LogP contribution in [0.1, 0.15) is 31.2 Å².